The second-order valence-corrected chi connectivity index (χ2v) is 4.36. The van der Waals surface area contributed by atoms with Crippen LogP contribution in [0.25, 0.3) is 0 Å². The Labute approximate surface area is 88.9 Å². The molecule has 0 spiro atoms. The van der Waals surface area contributed by atoms with Crippen molar-refractivity contribution in [2.45, 2.75) is 26.2 Å². The van der Waals surface area contributed by atoms with E-state index < -0.39 is 0 Å². The maximum Gasteiger partial charge on any atom is 0.153 e. The van der Waals surface area contributed by atoms with Crippen LogP contribution in [0.4, 0.5) is 5.69 Å². The van der Waals surface area contributed by atoms with Gasteiger partial charge in [-0.3, -0.25) is 0 Å². The van der Waals surface area contributed by atoms with E-state index in [1.54, 1.807) is 12.3 Å². The van der Waals surface area contributed by atoms with Gasteiger partial charge in [0.2, 0.25) is 0 Å². The van der Waals surface area contributed by atoms with E-state index in [-0.39, 0.29) is 0 Å². The van der Waals surface area contributed by atoms with Crippen LogP contribution in [0.3, 0.4) is 0 Å². The molecule has 1 heterocycles. The molecule has 4 heteroatoms. The zero-order valence-electron chi connectivity index (χ0n) is 8.26. The van der Waals surface area contributed by atoms with Crippen LogP contribution in [0.15, 0.2) is 12.3 Å². The fourth-order valence-electron chi connectivity index (χ4n) is 1.56. The van der Waals surface area contributed by atoms with Crippen molar-refractivity contribution in [3.05, 3.63) is 17.4 Å². The first-order valence-electron chi connectivity index (χ1n) is 4.96. The van der Waals surface area contributed by atoms with E-state index in [4.69, 9.17) is 11.6 Å². The molecule has 2 rings (SSSR count). The van der Waals surface area contributed by atoms with E-state index in [0.29, 0.717) is 10.6 Å². The average Bonchev–Trinajstić information content (AvgIpc) is 2.96. The SMILES string of the molecule is CCC1(CNc2cnnc(Cl)c2)CC1. The number of nitrogens with zero attached hydrogens (tertiary/aromatic N) is 2. The van der Waals surface area contributed by atoms with E-state index in [0.717, 1.165) is 12.2 Å². The van der Waals surface area contributed by atoms with Crippen LogP contribution in [-0.2, 0) is 0 Å². The molecule has 1 aromatic heterocycles. The Bertz CT molecular complexity index is 323. The quantitative estimate of drug-likeness (QED) is 0.832. The summed E-state index contributed by atoms with van der Waals surface area (Å²) in [5, 5.41) is 11.3. The number of nitrogens with one attached hydrogen (secondary N) is 1. The lowest BCUT2D eigenvalue weighted by Gasteiger charge is -2.13. The fourth-order valence-corrected chi connectivity index (χ4v) is 1.72. The second-order valence-electron chi connectivity index (χ2n) is 3.97. The zero-order chi connectivity index (χ0) is 10.0. The Morgan fingerprint density at radius 1 is 1.57 bits per heavy atom. The lowest BCUT2D eigenvalue weighted by molar-refractivity contribution is 0.521. The Balaban J connectivity index is 1.92. The Hall–Kier alpha value is -0.830. The van der Waals surface area contributed by atoms with Crippen molar-refractivity contribution in [2.75, 3.05) is 11.9 Å². The normalized spacial score (nSPS) is 17.9. The van der Waals surface area contributed by atoms with E-state index in [2.05, 4.69) is 22.4 Å². The van der Waals surface area contributed by atoms with Crippen molar-refractivity contribution in [2.24, 2.45) is 5.41 Å². The largest absolute Gasteiger partial charge is 0.383 e. The van der Waals surface area contributed by atoms with Crippen molar-refractivity contribution in [3.63, 3.8) is 0 Å². The molecule has 0 aliphatic heterocycles. The topological polar surface area (TPSA) is 37.8 Å². The molecule has 0 radical (unpaired) electrons. The lowest BCUT2D eigenvalue weighted by Crippen LogP contribution is -2.14. The smallest absolute Gasteiger partial charge is 0.153 e. The Morgan fingerprint density at radius 3 is 2.93 bits per heavy atom. The van der Waals surface area contributed by atoms with Gasteiger partial charge >= 0.3 is 0 Å². The molecular formula is C10H14ClN3. The lowest BCUT2D eigenvalue weighted by atomic mass is 10.0. The molecule has 14 heavy (non-hydrogen) atoms. The molecule has 1 aliphatic carbocycles. The van der Waals surface area contributed by atoms with Crippen LogP contribution < -0.4 is 5.32 Å². The van der Waals surface area contributed by atoms with Crippen LogP contribution in [-0.4, -0.2) is 16.7 Å². The van der Waals surface area contributed by atoms with Crippen LogP contribution >= 0.6 is 11.6 Å². The molecule has 1 saturated carbocycles. The molecule has 0 bridgehead atoms. The number of aromatic nitrogens is 2. The molecule has 0 unspecified atom stereocenters. The zero-order valence-corrected chi connectivity index (χ0v) is 9.01. The van der Waals surface area contributed by atoms with Gasteiger partial charge in [-0.1, -0.05) is 18.5 Å². The van der Waals surface area contributed by atoms with Gasteiger partial charge in [-0.2, -0.15) is 5.10 Å². The predicted octanol–water partition coefficient (Wildman–Crippen LogP) is 2.73. The van der Waals surface area contributed by atoms with Crippen molar-refractivity contribution in [1.82, 2.24) is 10.2 Å². The summed E-state index contributed by atoms with van der Waals surface area (Å²) in [5.74, 6) is 0. The molecular weight excluding hydrogens is 198 g/mol. The molecule has 0 aromatic carbocycles. The molecule has 1 fully saturated rings. The molecule has 1 aromatic rings. The molecule has 0 atom stereocenters. The van der Waals surface area contributed by atoms with Gasteiger partial charge in [0.05, 0.1) is 11.9 Å². The number of hydrogen-bond acceptors (Lipinski definition) is 3. The van der Waals surface area contributed by atoms with Gasteiger partial charge in [0.25, 0.3) is 0 Å². The molecule has 3 nitrogen and oxygen atoms in total. The molecule has 1 N–H and O–H groups in total. The average molecular weight is 212 g/mol. The van der Waals surface area contributed by atoms with E-state index in [1.807, 2.05) is 0 Å². The van der Waals surface area contributed by atoms with Gasteiger partial charge in [0.1, 0.15) is 0 Å². The third-order valence-electron chi connectivity index (χ3n) is 3.00. The second kappa shape index (κ2) is 3.73. The highest BCUT2D eigenvalue weighted by atomic mass is 35.5. The van der Waals surface area contributed by atoms with Gasteiger partial charge in [0.15, 0.2) is 5.15 Å². The summed E-state index contributed by atoms with van der Waals surface area (Å²) in [5.41, 5.74) is 1.50. The number of anilines is 1. The molecule has 0 amide bonds. The van der Waals surface area contributed by atoms with Crippen LogP contribution in [0.1, 0.15) is 26.2 Å². The first kappa shape index (κ1) is 9.71. The van der Waals surface area contributed by atoms with E-state index in [9.17, 15) is 0 Å². The first-order valence-corrected chi connectivity index (χ1v) is 5.34. The van der Waals surface area contributed by atoms with E-state index in [1.165, 1.54) is 19.3 Å². The number of halogens is 1. The highest BCUT2D eigenvalue weighted by molar-refractivity contribution is 6.29. The van der Waals surface area contributed by atoms with Gasteiger partial charge in [0, 0.05) is 12.6 Å². The summed E-state index contributed by atoms with van der Waals surface area (Å²) >= 11 is 5.73. The third-order valence-corrected chi connectivity index (χ3v) is 3.18. The minimum atomic E-state index is 0.441. The summed E-state index contributed by atoms with van der Waals surface area (Å²) in [7, 11) is 0. The Kier molecular flexibility index (Phi) is 2.59. The van der Waals surface area contributed by atoms with Gasteiger partial charge in [-0.05, 0) is 24.7 Å². The summed E-state index contributed by atoms with van der Waals surface area (Å²) in [6.07, 6.45) is 5.62. The summed E-state index contributed by atoms with van der Waals surface area (Å²) < 4.78 is 0. The fraction of sp³-hybridized carbons (Fsp3) is 0.600. The van der Waals surface area contributed by atoms with Crippen molar-refractivity contribution >= 4 is 17.3 Å². The number of hydrogen-bond donors (Lipinski definition) is 1. The summed E-state index contributed by atoms with van der Waals surface area (Å²) in [6.45, 7) is 3.26. The Morgan fingerprint density at radius 2 is 2.36 bits per heavy atom. The minimum Gasteiger partial charge on any atom is -0.383 e. The predicted molar refractivity (Wildman–Crippen MR) is 57.5 cm³/mol. The van der Waals surface area contributed by atoms with Gasteiger partial charge in [-0.25, -0.2) is 0 Å². The third kappa shape index (κ3) is 2.15. The van der Waals surface area contributed by atoms with Crippen molar-refractivity contribution < 1.29 is 0 Å². The van der Waals surface area contributed by atoms with Crippen molar-refractivity contribution in [3.8, 4) is 0 Å². The molecule has 0 saturated heterocycles. The number of rotatable bonds is 4. The van der Waals surface area contributed by atoms with E-state index >= 15 is 0 Å². The maximum absolute atomic E-state index is 5.73. The monoisotopic (exact) mass is 211 g/mol. The minimum absolute atomic E-state index is 0.441. The van der Waals surface area contributed by atoms with Gasteiger partial charge in [-0.15, -0.1) is 5.10 Å². The van der Waals surface area contributed by atoms with Crippen LogP contribution in [0.2, 0.25) is 5.15 Å². The summed E-state index contributed by atoms with van der Waals surface area (Å²) in [6, 6.07) is 1.81. The molecule has 1 aliphatic rings. The first-order chi connectivity index (χ1) is 6.74. The standard InChI is InChI=1S/C10H14ClN3/c1-2-10(3-4-10)7-12-8-5-9(11)14-13-6-8/h5-6H,2-4,7H2,1H3,(H,12,14). The van der Waals surface area contributed by atoms with Gasteiger partial charge < -0.3 is 5.32 Å². The van der Waals surface area contributed by atoms with Crippen LogP contribution in [0, 0.1) is 5.41 Å². The van der Waals surface area contributed by atoms with Crippen molar-refractivity contribution in [1.29, 1.82) is 0 Å². The highest BCUT2D eigenvalue weighted by Gasteiger charge is 2.40. The maximum atomic E-state index is 5.73. The summed E-state index contributed by atoms with van der Waals surface area (Å²) in [4.78, 5) is 0. The molecule has 76 valence electrons. The van der Waals surface area contributed by atoms with Crippen LogP contribution in [0.5, 0.6) is 0 Å². The highest BCUT2D eigenvalue weighted by Crippen LogP contribution is 2.48.